The molecule has 3 aromatic rings. The van der Waals surface area contributed by atoms with E-state index in [9.17, 15) is 0 Å². The summed E-state index contributed by atoms with van der Waals surface area (Å²) < 4.78 is 2.19. The third-order valence-corrected chi connectivity index (χ3v) is 3.99. The van der Waals surface area contributed by atoms with Crippen LogP contribution in [0.1, 0.15) is 22.5 Å². The number of hydrogen-bond acceptors (Lipinski definition) is 2. The van der Waals surface area contributed by atoms with E-state index in [4.69, 9.17) is 10.7 Å². The van der Waals surface area contributed by atoms with E-state index in [-0.39, 0.29) is 0 Å². The first kappa shape index (κ1) is 13.8. The number of nitrogens with zero attached hydrogens (tertiary/aromatic N) is 2. The van der Waals surface area contributed by atoms with Crippen molar-refractivity contribution in [3.8, 4) is 0 Å². The Kier molecular flexibility index (Phi) is 3.76. The van der Waals surface area contributed by atoms with Gasteiger partial charge in [-0.05, 0) is 36.6 Å². The Morgan fingerprint density at radius 3 is 2.67 bits per heavy atom. The summed E-state index contributed by atoms with van der Waals surface area (Å²) >= 11 is 0. The summed E-state index contributed by atoms with van der Waals surface area (Å²) in [6.45, 7) is 2.69. The second kappa shape index (κ2) is 5.70. The fraction of sp³-hybridized carbons (Fsp3) is 0.278. The Morgan fingerprint density at radius 2 is 1.90 bits per heavy atom. The molecule has 0 saturated carbocycles. The van der Waals surface area contributed by atoms with Crippen LogP contribution in [0.5, 0.6) is 0 Å². The lowest BCUT2D eigenvalue weighted by Gasteiger charge is -2.04. The maximum Gasteiger partial charge on any atom is 0.109 e. The van der Waals surface area contributed by atoms with Gasteiger partial charge in [-0.3, -0.25) is 0 Å². The summed E-state index contributed by atoms with van der Waals surface area (Å²) in [5.41, 5.74) is 11.7. The van der Waals surface area contributed by atoms with Crippen molar-refractivity contribution in [3.63, 3.8) is 0 Å². The van der Waals surface area contributed by atoms with Gasteiger partial charge in [-0.1, -0.05) is 35.9 Å². The fourth-order valence-electron chi connectivity index (χ4n) is 2.77. The van der Waals surface area contributed by atoms with Crippen molar-refractivity contribution in [1.82, 2.24) is 9.55 Å². The van der Waals surface area contributed by atoms with Crippen LogP contribution in [-0.4, -0.2) is 9.55 Å². The molecule has 0 aliphatic heterocycles. The smallest absolute Gasteiger partial charge is 0.109 e. The van der Waals surface area contributed by atoms with E-state index in [1.165, 1.54) is 16.6 Å². The van der Waals surface area contributed by atoms with Gasteiger partial charge in [-0.15, -0.1) is 0 Å². The SMILES string of the molecule is Cc1cccc(CCc2nc3cc(CN)ccc3n2C)c1. The number of rotatable bonds is 4. The van der Waals surface area contributed by atoms with Gasteiger partial charge >= 0.3 is 0 Å². The molecule has 3 heteroatoms. The van der Waals surface area contributed by atoms with Crippen molar-refractivity contribution in [1.29, 1.82) is 0 Å². The molecule has 2 N–H and O–H groups in total. The molecule has 0 spiro atoms. The van der Waals surface area contributed by atoms with Crippen molar-refractivity contribution >= 4 is 11.0 Å². The molecule has 0 atom stereocenters. The molecular weight excluding hydrogens is 258 g/mol. The van der Waals surface area contributed by atoms with E-state index in [1.807, 2.05) is 0 Å². The average Bonchev–Trinajstić information content (AvgIpc) is 2.81. The van der Waals surface area contributed by atoms with Crippen LogP contribution < -0.4 is 5.73 Å². The molecular formula is C18H21N3. The first-order valence-electron chi connectivity index (χ1n) is 7.37. The van der Waals surface area contributed by atoms with E-state index in [1.54, 1.807) is 0 Å². The highest BCUT2D eigenvalue weighted by Crippen LogP contribution is 2.18. The summed E-state index contributed by atoms with van der Waals surface area (Å²) in [6, 6.07) is 15.0. The van der Waals surface area contributed by atoms with Gasteiger partial charge in [0.15, 0.2) is 0 Å². The Morgan fingerprint density at radius 1 is 1.05 bits per heavy atom. The summed E-state index contributed by atoms with van der Waals surface area (Å²) in [5.74, 6) is 1.13. The predicted molar refractivity (Wildman–Crippen MR) is 87.2 cm³/mol. The molecule has 1 heterocycles. The van der Waals surface area contributed by atoms with Crippen LogP contribution in [0, 0.1) is 6.92 Å². The monoisotopic (exact) mass is 279 g/mol. The van der Waals surface area contributed by atoms with Crippen LogP contribution in [-0.2, 0) is 26.4 Å². The molecule has 108 valence electrons. The zero-order chi connectivity index (χ0) is 14.8. The Bertz CT molecular complexity index is 771. The summed E-state index contributed by atoms with van der Waals surface area (Å²) in [4.78, 5) is 4.77. The quantitative estimate of drug-likeness (QED) is 0.797. The van der Waals surface area contributed by atoms with Crippen LogP contribution in [0.4, 0.5) is 0 Å². The first-order valence-corrected chi connectivity index (χ1v) is 7.37. The number of imidazole rings is 1. The third kappa shape index (κ3) is 2.83. The van der Waals surface area contributed by atoms with Crippen LogP contribution >= 0.6 is 0 Å². The molecule has 0 aliphatic rings. The highest BCUT2D eigenvalue weighted by Gasteiger charge is 2.08. The van der Waals surface area contributed by atoms with E-state index in [2.05, 4.69) is 61.0 Å². The Hall–Kier alpha value is -2.13. The molecule has 0 saturated heterocycles. The predicted octanol–water partition coefficient (Wildman–Crippen LogP) is 3.13. The van der Waals surface area contributed by atoms with E-state index in [0.29, 0.717) is 6.54 Å². The largest absolute Gasteiger partial charge is 0.331 e. The zero-order valence-electron chi connectivity index (χ0n) is 12.6. The van der Waals surface area contributed by atoms with Crippen molar-refractivity contribution in [2.24, 2.45) is 12.8 Å². The number of nitrogens with two attached hydrogens (primary N) is 1. The van der Waals surface area contributed by atoms with E-state index < -0.39 is 0 Å². The molecule has 3 rings (SSSR count). The molecule has 0 amide bonds. The van der Waals surface area contributed by atoms with Gasteiger partial charge in [0.1, 0.15) is 5.82 Å². The molecule has 21 heavy (non-hydrogen) atoms. The van der Waals surface area contributed by atoms with E-state index in [0.717, 1.165) is 29.7 Å². The maximum atomic E-state index is 5.70. The highest BCUT2D eigenvalue weighted by molar-refractivity contribution is 5.76. The zero-order valence-corrected chi connectivity index (χ0v) is 12.6. The second-order valence-corrected chi connectivity index (χ2v) is 5.60. The maximum absolute atomic E-state index is 5.70. The van der Waals surface area contributed by atoms with Gasteiger partial charge in [0.25, 0.3) is 0 Å². The molecule has 1 aromatic heterocycles. The minimum absolute atomic E-state index is 0.561. The van der Waals surface area contributed by atoms with Gasteiger partial charge in [-0.25, -0.2) is 4.98 Å². The third-order valence-electron chi connectivity index (χ3n) is 3.99. The van der Waals surface area contributed by atoms with Crippen molar-refractivity contribution in [3.05, 3.63) is 65.0 Å². The molecule has 2 aromatic carbocycles. The van der Waals surface area contributed by atoms with Crippen LogP contribution in [0.25, 0.3) is 11.0 Å². The van der Waals surface area contributed by atoms with Crippen LogP contribution in [0.3, 0.4) is 0 Å². The average molecular weight is 279 g/mol. The molecule has 0 bridgehead atoms. The van der Waals surface area contributed by atoms with Gasteiger partial charge in [0.05, 0.1) is 11.0 Å². The lowest BCUT2D eigenvalue weighted by atomic mass is 10.1. The normalized spacial score (nSPS) is 11.2. The van der Waals surface area contributed by atoms with Gasteiger partial charge in [-0.2, -0.15) is 0 Å². The first-order chi connectivity index (χ1) is 10.2. The van der Waals surface area contributed by atoms with E-state index >= 15 is 0 Å². The van der Waals surface area contributed by atoms with Gasteiger partial charge in [0, 0.05) is 20.0 Å². The molecule has 0 unspecified atom stereocenters. The summed E-state index contributed by atoms with van der Waals surface area (Å²) in [7, 11) is 2.09. The number of fused-ring (bicyclic) bond motifs is 1. The highest BCUT2D eigenvalue weighted by atomic mass is 15.1. The lowest BCUT2D eigenvalue weighted by molar-refractivity contribution is 0.786. The number of aromatic nitrogens is 2. The molecule has 0 radical (unpaired) electrons. The minimum Gasteiger partial charge on any atom is -0.331 e. The lowest BCUT2D eigenvalue weighted by Crippen LogP contribution is -2.00. The van der Waals surface area contributed by atoms with Crippen molar-refractivity contribution < 1.29 is 0 Å². The fourth-order valence-corrected chi connectivity index (χ4v) is 2.77. The molecule has 0 aliphatic carbocycles. The van der Waals surface area contributed by atoms with Crippen LogP contribution in [0.2, 0.25) is 0 Å². The molecule has 0 fully saturated rings. The van der Waals surface area contributed by atoms with Gasteiger partial charge in [0.2, 0.25) is 0 Å². The Balaban J connectivity index is 1.85. The number of benzene rings is 2. The standard InChI is InChI=1S/C18H21N3/c1-13-4-3-5-14(10-13)7-9-18-20-16-11-15(12-19)6-8-17(16)21(18)2/h3-6,8,10-11H,7,9,12,19H2,1-2H3. The van der Waals surface area contributed by atoms with Crippen molar-refractivity contribution in [2.45, 2.75) is 26.3 Å². The summed E-state index contributed by atoms with van der Waals surface area (Å²) in [5, 5.41) is 0. The van der Waals surface area contributed by atoms with Gasteiger partial charge < -0.3 is 10.3 Å². The van der Waals surface area contributed by atoms with Crippen LogP contribution in [0.15, 0.2) is 42.5 Å². The summed E-state index contributed by atoms with van der Waals surface area (Å²) in [6.07, 6.45) is 1.97. The topological polar surface area (TPSA) is 43.8 Å². The minimum atomic E-state index is 0.561. The number of aryl methyl sites for hydroxylation is 4. The molecule has 3 nitrogen and oxygen atoms in total. The van der Waals surface area contributed by atoms with Crippen molar-refractivity contribution in [2.75, 3.05) is 0 Å². The number of hydrogen-bond donors (Lipinski definition) is 1. The Labute approximate surface area is 125 Å². The second-order valence-electron chi connectivity index (χ2n) is 5.60.